The quantitative estimate of drug-likeness (QED) is 0.424. The van der Waals surface area contributed by atoms with Crippen molar-refractivity contribution in [2.75, 3.05) is 13.1 Å². The fourth-order valence-corrected chi connectivity index (χ4v) is 4.55. The van der Waals surface area contributed by atoms with Gasteiger partial charge in [0.05, 0.1) is 18.3 Å². The lowest BCUT2D eigenvalue weighted by Crippen LogP contribution is -2.44. The van der Waals surface area contributed by atoms with Crippen molar-refractivity contribution in [2.45, 2.75) is 58.5 Å². The highest BCUT2D eigenvalue weighted by molar-refractivity contribution is 5.80. The Balaban J connectivity index is 1.77. The Bertz CT molecular complexity index is 1250. The van der Waals surface area contributed by atoms with Gasteiger partial charge in [-0.1, -0.05) is 48.8 Å². The van der Waals surface area contributed by atoms with E-state index in [1.165, 1.54) is 0 Å². The van der Waals surface area contributed by atoms with Crippen molar-refractivity contribution in [1.29, 1.82) is 0 Å². The second-order valence-electron chi connectivity index (χ2n) is 8.96. The van der Waals surface area contributed by atoms with Crippen molar-refractivity contribution in [3.05, 3.63) is 57.8 Å². The van der Waals surface area contributed by atoms with Gasteiger partial charge in [0, 0.05) is 19.0 Å². The number of benzene rings is 1. The molecule has 1 aromatic carbocycles. The monoisotopic (exact) mass is 481 g/mol. The SMILES string of the molecule is CCC(c1nc2onc(C)c2c(=O)n1Cc1ccccc1)N(CCCNC(=O)O)C(=O)C1CCC1. The molecule has 0 radical (unpaired) electrons. The Morgan fingerprint density at radius 2 is 2.03 bits per heavy atom. The zero-order valence-corrected chi connectivity index (χ0v) is 20.1. The number of carboxylic acid groups (broad SMARTS) is 1. The van der Waals surface area contributed by atoms with Gasteiger partial charge in [0.15, 0.2) is 0 Å². The highest BCUT2D eigenvalue weighted by Gasteiger charge is 2.35. The van der Waals surface area contributed by atoms with E-state index in [-0.39, 0.29) is 29.6 Å². The number of carbonyl (C=O) groups excluding carboxylic acids is 1. The number of aryl methyl sites for hydroxylation is 1. The summed E-state index contributed by atoms with van der Waals surface area (Å²) in [4.78, 5) is 44.5. The van der Waals surface area contributed by atoms with Gasteiger partial charge >= 0.3 is 6.09 Å². The first-order valence-electron chi connectivity index (χ1n) is 12.1. The number of aromatic nitrogens is 3. The van der Waals surface area contributed by atoms with Crippen molar-refractivity contribution in [3.63, 3.8) is 0 Å². The van der Waals surface area contributed by atoms with E-state index in [0.29, 0.717) is 42.8 Å². The van der Waals surface area contributed by atoms with Crippen molar-refractivity contribution in [2.24, 2.45) is 5.92 Å². The lowest BCUT2D eigenvalue weighted by atomic mass is 9.84. The first-order chi connectivity index (χ1) is 16.9. The number of fused-ring (bicyclic) bond motifs is 1. The average Bonchev–Trinajstić information content (AvgIpc) is 3.18. The molecule has 2 heterocycles. The second kappa shape index (κ2) is 10.7. The van der Waals surface area contributed by atoms with E-state index in [2.05, 4.69) is 10.5 Å². The van der Waals surface area contributed by atoms with Gasteiger partial charge in [-0.15, -0.1) is 0 Å². The molecule has 4 rings (SSSR count). The largest absolute Gasteiger partial charge is 0.465 e. The molecule has 1 aliphatic carbocycles. The van der Waals surface area contributed by atoms with Crippen LogP contribution >= 0.6 is 0 Å². The Hall–Kier alpha value is -3.69. The van der Waals surface area contributed by atoms with Crippen LogP contribution in [0.2, 0.25) is 0 Å². The molecule has 2 N–H and O–H groups in total. The summed E-state index contributed by atoms with van der Waals surface area (Å²) >= 11 is 0. The third kappa shape index (κ3) is 5.21. The maximum absolute atomic E-state index is 13.6. The first-order valence-corrected chi connectivity index (χ1v) is 12.1. The van der Waals surface area contributed by atoms with E-state index in [0.717, 1.165) is 24.8 Å². The molecule has 3 aromatic rings. The van der Waals surface area contributed by atoms with E-state index in [9.17, 15) is 14.4 Å². The van der Waals surface area contributed by atoms with Crippen LogP contribution < -0.4 is 10.9 Å². The normalized spacial score (nSPS) is 14.5. The fraction of sp³-hybridized carbons (Fsp3) is 0.480. The topological polar surface area (TPSA) is 131 Å². The van der Waals surface area contributed by atoms with Gasteiger partial charge in [0.1, 0.15) is 11.2 Å². The maximum Gasteiger partial charge on any atom is 0.404 e. The minimum atomic E-state index is -1.10. The van der Waals surface area contributed by atoms with Crippen LogP contribution in [0.1, 0.15) is 62.2 Å². The zero-order valence-electron chi connectivity index (χ0n) is 20.1. The summed E-state index contributed by atoms with van der Waals surface area (Å²) in [5.41, 5.74) is 1.31. The molecule has 0 bridgehead atoms. The summed E-state index contributed by atoms with van der Waals surface area (Å²) in [6, 6.07) is 9.15. The van der Waals surface area contributed by atoms with Gasteiger partial charge in [0.2, 0.25) is 5.91 Å². The number of amides is 2. The number of carbonyl (C=O) groups is 2. The van der Waals surface area contributed by atoms with E-state index in [1.807, 2.05) is 37.3 Å². The van der Waals surface area contributed by atoms with E-state index < -0.39 is 12.1 Å². The minimum Gasteiger partial charge on any atom is -0.465 e. The summed E-state index contributed by atoms with van der Waals surface area (Å²) < 4.78 is 6.98. The molecule has 1 aliphatic rings. The molecular formula is C25H31N5O5. The van der Waals surface area contributed by atoms with E-state index in [4.69, 9.17) is 14.6 Å². The van der Waals surface area contributed by atoms with Gasteiger partial charge in [-0.25, -0.2) is 4.79 Å². The van der Waals surface area contributed by atoms with Crippen LogP contribution in [-0.4, -0.2) is 49.8 Å². The molecule has 186 valence electrons. The second-order valence-corrected chi connectivity index (χ2v) is 8.96. The lowest BCUT2D eigenvalue weighted by molar-refractivity contribution is -0.141. The molecule has 1 saturated carbocycles. The van der Waals surface area contributed by atoms with Gasteiger partial charge < -0.3 is 19.8 Å². The summed E-state index contributed by atoms with van der Waals surface area (Å²) in [7, 11) is 0. The molecule has 1 fully saturated rings. The molecule has 35 heavy (non-hydrogen) atoms. The molecule has 10 nitrogen and oxygen atoms in total. The van der Waals surface area contributed by atoms with Crippen molar-refractivity contribution in [3.8, 4) is 0 Å². The van der Waals surface area contributed by atoms with Crippen LogP contribution in [0.5, 0.6) is 0 Å². The van der Waals surface area contributed by atoms with E-state index >= 15 is 0 Å². The predicted molar refractivity (Wildman–Crippen MR) is 129 cm³/mol. The number of hydrogen-bond acceptors (Lipinski definition) is 6. The fourth-order valence-electron chi connectivity index (χ4n) is 4.55. The third-order valence-corrected chi connectivity index (χ3v) is 6.63. The Kier molecular flexibility index (Phi) is 7.48. The molecule has 0 saturated heterocycles. The van der Waals surface area contributed by atoms with Gasteiger partial charge in [0.25, 0.3) is 11.3 Å². The molecular weight excluding hydrogens is 450 g/mol. The minimum absolute atomic E-state index is 0.0211. The average molecular weight is 482 g/mol. The smallest absolute Gasteiger partial charge is 0.404 e. The molecule has 2 amide bonds. The number of nitrogens with one attached hydrogen (secondary N) is 1. The molecule has 10 heteroatoms. The summed E-state index contributed by atoms with van der Waals surface area (Å²) in [5.74, 6) is 0.415. The Morgan fingerprint density at radius 3 is 2.66 bits per heavy atom. The summed E-state index contributed by atoms with van der Waals surface area (Å²) in [5, 5.41) is 15.5. The highest BCUT2D eigenvalue weighted by Crippen LogP contribution is 2.33. The Morgan fingerprint density at radius 1 is 1.29 bits per heavy atom. The third-order valence-electron chi connectivity index (χ3n) is 6.63. The molecule has 1 atom stereocenters. The van der Waals surface area contributed by atoms with E-state index in [1.54, 1.807) is 16.4 Å². The van der Waals surface area contributed by atoms with Gasteiger partial charge in [-0.3, -0.25) is 14.2 Å². The molecule has 0 spiro atoms. The molecule has 1 unspecified atom stereocenters. The highest BCUT2D eigenvalue weighted by atomic mass is 16.5. The van der Waals surface area contributed by atoms with Crippen molar-refractivity contribution < 1.29 is 19.2 Å². The zero-order chi connectivity index (χ0) is 24.9. The van der Waals surface area contributed by atoms with Crippen molar-refractivity contribution in [1.82, 2.24) is 24.9 Å². The van der Waals surface area contributed by atoms with Gasteiger partial charge in [-0.05, 0) is 38.2 Å². The van der Waals surface area contributed by atoms with Crippen LogP contribution in [0.25, 0.3) is 11.1 Å². The maximum atomic E-state index is 13.6. The summed E-state index contributed by atoms with van der Waals surface area (Å²) in [6.45, 7) is 4.54. The van der Waals surface area contributed by atoms with Crippen LogP contribution in [-0.2, 0) is 11.3 Å². The first kappa shape index (κ1) is 24.4. The van der Waals surface area contributed by atoms with Gasteiger partial charge in [-0.2, -0.15) is 4.98 Å². The van der Waals surface area contributed by atoms with Crippen molar-refractivity contribution >= 4 is 23.1 Å². The standard InChI is InChI=1S/C25H31N5O5/c1-3-19(29(14-8-13-26-25(33)34)23(31)18-11-7-12-18)21-27-22-20(16(2)28-35-22)24(32)30(21)15-17-9-5-4-6-10-17/h4-6,9-10,18-19,26H,3,7-8,11-15H2,1-2H3,(H,33,34). The molecule has 0 aliphatic heterocycles. The van der Waals surface area contributed by atoms with Crippen LogP contribution in [0.3, 0.4) is 0 Å². The van der Waals surface area contributed by atoms with Crippen LogP contribution in [0, 0.1) is 12.8 Å². The molecule has 2 aromatic heterocycles. The number of nitrogens with zero attached hydrogens (tertiary/aromatic N) is 4. The number of rotatable bonds is 10. The predicted octanol–water partition coefficient (Wildman–Crippen LogP) is 3.48. The number of hydrogen-bond donors (Lipinski definition) is 2. The summed E-state index contributed by atoms with van der Waals surface area (Å²) in [6.07, 6.45) is 2.58. The van der Waals surface area contributed by atoms with Crippen LogP contribution in [0.15, 0.2) is 39.6 Å². The lowest BCUT2D eigenvalue weighted by Gasteiger charge is -2.37. The Labute approximate surface area is 202 Å². The van der Waals surface area contributed by atoms with Crippen LogP contribution in [0.4, 0.5) is 4.79 Å².